The van der Waals surface area contributed by atoms with Crippen LogP contribution in [0.25, 0.3) is 0 Å². The highest BCUT2D eigenvalue weighted by Crippen LogP contribution is 2.15. The molecule has 0 fully saturated rings. The second kappa shape index (κ2) is 5.62. The Morgan fingerprint density at radius 1 is 0.947 bits per heavy atom. The fraction of sp³-hybridized carbons (Fsp3) is 0.294. The van der Waals surface area contributed by atoms with Gasteiger partial charge in [0, 0.05) is 0 Å². The van der Waals surface area contributed by atoms with E-state index in [9.17, 15) is 5.02 Å². The van der Waals surface area contributed by atoms with Gasteiger partial charge in [0.2, 0.25) is 0 Å². The molecule has 19 heavy (non-hydrogen) atoms. The first-order chi connectivity index (χ1) is 9.33. The van der Waals surface area contributed by atoms with Gasteiger partial charge in [-0.25, -0.2) is 0 Å². The van der Waals surface area contributed by atoms with Crippen LogP contribution in [-0.4, -0.2) is 11.9 Å². The first-order valence-electron chi connectivity index (χ1n) is 7.16. The third-order valence-corrected chi connectivity index (χ3v) is 4.04. The minimum absolute atomic E-state index is 0.250. The molecule has 0 unspecified atom stereocenters. The Hall–Kier alpha value is -1.54. The molecule has 1 heterocycles. The van der Waals surface area contributed by atoms with E-state index < -0.39 is 0 Å². The molecule has 1 aliphatic rings. The monoisotopic (exact) mass is 250 g/mol. The van der Waals surface area contributed by atoms with Crippen molar-refractivity contribution in [3.63, 3.8) is 0 Å². The van der Waals surface area contributed by atoms with E-state index >= 15 is 0 Å². The first-order valence-corrected chi connectivity index (χ1v) is 7.16. The SMILES string of the molecule is OB1CCCc2ccc(CCc3ccccc3)cc21. The lowest BCUT2D eigenvalue weighted by molar-refractivity contribution is 0.574. The van der Waals surface area contributed by atoms with Crippen LogP contribution >= 0.6 is 0 Å². The van der Waals surface area contributed by atoms with Crippen LogP contribution < -0.4 is 5.46 Å². The predicted octanol–water partition coefficient (Wildman–Crippen LogP) is 2.61. The smallest absolute Gasteiger partial charge is 0.323 e. The Bertz CT molecular complexity index is 550. The molecule has 96 valence electrons. The predicted molar refractivity (Wildman–Crippen MR) is 81.0 cm³/mol. The number of hydrogen-bond acceptors (Lipinski definition) is 1. The zero-order valence-electron chi connectivity index (χ0n) is 11.2. The summed E-state index contributed by atoms with van der Waals surface area (Å²) in [6.45, 7) is -0.250. The molecule has 0 saturated heterocycles. The summed E-state index contributed by atoms with van der Waals surface area (Å²) in [5.74, 6) is 0. The van der Waals surface area contributed by atoms with Gasteiger partial charge in [-0.3, -0.25) is 0 Å². The molecule has 0 atom stereocenters. The van der Waals surface area contributed by atoms with Crippen molar-refractivity contribution in [2.45, 2.75) is 32.0 Å². The van der Waals surface area contributed by atoms with Gasteiger partial charge in [0.15, 0.2) is 0 Å². The van der Waals surface area contributed by atoms with E-state index in [-0.39, 0.29) is 6.92 Å². The van der Waals surface area contributed by atoms with Crippen molar-refractivity contribution in [3.8, 4) is 0 Å². The Kier molecular flexibility index (Phi) is 3.70. The van der Waals surface area contributed by atoms with E-state index in [1.54, 1.807) is 0 Å². The zero-order valence-corrected chi connectivity index (χ0v) is 11.2. The maximum Gasteiger partial charge on any atom is 0.323 e. The summed E-state index contributed by atoms with van der Waals surface area (Å²) in [4.78, 5) is 0. The minimum Gasteiger partial charge on any atom is -0.446 e. The van der Waals surface area contributed by atoms with Crippen LogP contribution in [-0.2, 0) is 19.3 Å². The second-order valence-corrected chi connectivity index (χ2v) is 5.43. The van der Waals surface area contributed by atoms with Crippen LogP contribution in [0.5, 0.6) is 0 Å². The zero-order chi connectivity index (χ0) is 13.1. The van der Waals surface area contributed by atoms with Crippen LogP contribution in [0.3, 0.4) is 0 Å². The molecular formula is C17H19BO. The summed E-state index contributed by atoms with van der Waals surface area (Å²) >= 11 is 0. The van der Waals surface area contributed by atoms with Gasteiger partial charge in [-0.15, -0.1) is 0 Å². The summed E-state index contributed by atoms with van der Waals surface area (Å²) < 4.78 is 0. The Balaban J connectivity index is 1.74. The van der Waals surface area contributed by atoms with Crippen molar-refractivity contribution in [3.05, 3.63) is 65.2 Å². The molecular weight excluding hydrogens is 231 g/mol. The van der Waals surface area contributed by atoms with Gasteiger partial charge in [0.1, 0.15) is 0 Å². The van der Waals surface area contributed by atoms with Gasteiger partial charge in [-0.2, -0.15) is 0 Å². The Labute approximate surface area is 115 Å². The second-order valence-electron chi connectivity index (χ2n) is 5.43. The van der Waals surface area contributed by atoms with E-state index in [1.165, 1.54) is 16.7 Å². The van der Waals surface area contributed by atoms with Gasteiger partial charge in [-0.1, -0.05) is 60.5 Å². The number of benzene rings is 2. The molecule has 0 amide bonds. The maximum atomic E-state index is 10.1. The van der Waals surface area contributed by atoms with E-state index in [1.807, 2.05) is 0 Å². The molecule has 3 rings (SSSR count). The van der Waals surface area contributed by atoms with Crippen molar-refractivity contribution in [1.29, 1.82) is 0 Å². The Morgan fingerprint density at radius 2 is 1.74 bits per heavy atom. The molecule has 0 aromatic heterocycles. The maximum absolute atomic E-state index is 10.1. The quantitative estimate of drug-likeness (QED) is 0.830. The summed E-state index contributed by atoms with van der Waals surface area (Å²) in [7, 11) is 0. The van der Waals surface area contributed by atoms with Crippen LogP contribution in [0.4, 0.5) is 0 Å². The molecule has 0 saturated carbocycles. The average molecular weight is 250 g/mol. The van der Waals surface area contributed by atoms with Crippen molar-refractivity contribution >= 4 is 12.4 Å². The molecule has 0 spiro atoms. The van der Waals surface area contributed by atoms with Gasteiger partial charge in [0.05, 0.1) is 0 Å². The molecule has 2 aromatic carbocycles. The van der Waals surface area contributed by atoms with Crippen LogP contribution in [0.15, 0.2) is 48.5 Å². The molecule has 0 aliphatic carbocycles. The molecule has 1 aliphatic heterocycles. The highest BCUT2D eigenvalue weighted by atomic mass is 16.2. The largest absolute Gasteiger partial charge is 0.446 e. The van der Waals surface area contributed by atoms with Crippen LogP contribution in [0, 0.1) is 0 Å². The fourth-order valence-electron chi connectivity index (χ4n) is 2.91. The number of hydrogen-bond donors (Lipinski definition) is 1. The first kappa shape index (κ1) is 12.5. The number of aryl methyl sites for hydroxylation is 3. The lowest BCUT2D eigenvalue weighted by atomic mass is 9.53. The molecule has 2 heteroatoms. The summed E-state index contributed by atoms with van der Waals surface area (Å²) in [6.07, 6.45) is 5.25. The average Bonchev–Trinajstić information content (AvgIpc) is 2.47. The van der Waals surface area contributed by atoms with Crippen LogP contribution in [0.1, 0.15) is 23.1 Å². The van der Waals surface area contributed by atoms with Gasteiger partial charge in [-0.05, 0) is 42.2 Å². The highest BCUT2D eigenvalue weighted by molar-refractivity contribution is 6.67. The van der Waals surface area contributed by atoms with Crippen molar-refractivity contribution in [2.24, 2.45) is 0 Å². The van der Waals surface area contributed by atoms with Crippen molar-refractivity contribution in [2.75, 3.05) is 0 Å². The Morgan fingerprint density at radius 3 is 2.58 bits per heavy atom. The summed E-state index contributed by atoms with van der Waals surface area (Å²) in [5.41, 5.74) is 5.21. The minimum atomic E-state index is -0.250. The van der Waals surface area contributed by atoms with Gasteiger partial charge < -0.3 is 5.02 Å². The topological polar surface area (TPSA) is 20.2 Å². The standard InChI is InChI=1S/C17H19BO/c19-18-12-4-7-16-11-10-15(13-17(16)18)9-8-14-5-2-1-3-6-14/h1-3,5-6,10-11,13,19H,4,7-9,12H2. The fourth-order valence-corrected chi connectivity index (χ4v) is 2.91. The number of rotatable bonds is 3. The molecule has 1 N–H and O–H groups in total. The lowest BCUT2D eigenvalue weighted by Gasteiger charge is -2.19. The summed E-state index contributed by atoms with van der Waals surface area (Å²) in [6, 6.07) is 17.2. The third kappa shape index (κ3) is 2.90. The molecule has 1 nitrogen and oxygen atoms in total. The van der Waals surface area contributed by atoms with Gasteiger partial charge in [0.25, 0.3) is 0 Å². The molecule has 0 bridgehead atoms. The van der Waals surface area contributed by atoms with E-state index in [0.29, 0.717) is 0 Å². The highest BCUT2D eigenvalue weighted by Gasteiger charge is 2.22. The summed E-state index contributed by atoms with van der Waals surface area (Å²) in [5, 5.41) is 10.1. The van der Waals surface area contributed by atoms with Crippen molar-refractivity contribution in [1.82, 2.24) is 0 Å². The normalized spacial score (nSPS) is 14.3. The van der Waals surface area contributed by atoms with E-state index in [0.717, 1.165) is 37.5 Å². The number of fused-ring (bicyclic) bond motifs is 1. The van der Waals surface area contributed by atoms with Crippen LogP contribution in [0.2, 0.25) is 6.32 Å². The molecule has 0 radical (unpaired) electrons. The van der Waals surface area contributed by atoms with E-state index in [4.69, 9.17) is 0 Å². The van der Waals surface area contributed by atoms with Crippen molar-refractivity contribution < 1.29 is 5.02 Å². The van der Waals surface area contributed by atoms with E-state index in [2.05, 4.69) is 48.5 Å². The van der Waals surface area contributed by atoms with Gasteiger partial charge >= 0.3 is 6.92 Å². The third-order valence-electron chi connectivity index (χ3n) is 4.04. The molecule has 2 aromatic rings. The lowest BCUT2D eigenvalue weighted by Crippen LogP contribution is -2.36.